The van der Waals surface area contributed by atoms with Crippen molar-refractivity contribution in [1.82, 2.24) is 29.1 Å². The van der Waals surface area contributed by atoms with Crippen LogP contribution in [-0.2, 0) is 0 Å². The van der Waals surface area contributed by atoms with E-state index in [0.717, 1.165) is 83.6 Å². The molecule has 0 N–H and O–H groups in total. The maximum Gasteiger partial charge on any atom is 0.164 e. The van der Waals surface area contributed by atoms with Crippen molar-refractivity contribution >= 4 is 86.7 Å². The molecule has 6 heteroatoms. The van der Waals surface area contributed by atoms with E-state index in [1.165, 1.54) is 109 Å². The zero-order chi connectivity index (χ0) is 72.6. The van der Waals surface area contributed by atoms with E-state index in [1.54, 1.807) is 0 Å². The number of rotatable bonds is 12. The molecule has 110 heavy (non-hydrogen) atoms. The molecule has 6 nitrogen and oxygen atoms in total. The molecule has 0 fully saturated rings. The standard InChI is InChI=1S/C53H34N2.C51H32N4/c1-3-11-35(12-4-1)39-17-7-19-41(29-39)46-33-48(44-20-8-18-40(30-44)36-13-5-2-6-14-36)54-49(34-46)45-26-25-43-32-47(28-27-42(43)31-45)55-50-21-9-15-37-23-24-38-16-10-22-51(55)53(38)52(37)50;1-3-9-33(10-4-1)35-17-23-39(24-18-35)49-52-50(40-25-19-36(20-26-40)34-11-5-2-6-12-34)54-51(53-49)43-28-27-42-32-44(30-29-41(42)31-43)55-45-15-7-13-37-21-22-38-14-8-16-46(55)48(38)47(37)45/h1-34H;1-32H. The smallest absolute Gasteiger partial charge is 0.164 e. The Morgan fingerprint density at radius 3 is 0.818 bits per heavy atom. The Morgan fingerprint density at radius 1 is 0.145 bits per heavy atom. The Labute approximate surface area is 635 Å². The third-order valence-corrected chi connectivity index (χ3v) is 21.9. The molecule has 0 aliphatic rings. The lowest BCUT2D eigenvalue weighted by molar-refractivity contribution is 1.07. The van der Waals surface area contributed by atoms with Crippen molar-refractivity contribution < 1.29 is 0 Å². The summed E-state index contributed by atoms with van der Waals surface area (Å²) in [6.07, 6.45) is 0. The predicted octanol–water partition coefficient (Wildman–Crippen LogP) is 27.3. The zero-order valence-electron chi connectivity index (χ0n) is 59.8. The monoisotopic (exact) mass is 1400 g/mol. The lowest BCUT2D eigenvalue weighted by Crippen LogP contribution is -2.00. The summed E-state index contributed by atoms with van der Waals surface area (Å²) in [5, 5.41) is 15.0. The molecule has 18 aromatic carbocycles. The van der Waals surface area contributed by atoms with Crippen LogP contribution in [0.3, 0.4) is 0 Å². The van der Waals surface area contributed by atoms with Gasteiger partial charge in [0.2, 0.25) is 0 Å². The second-order valence-electron chi connectivity index (χ2n) is 28.5. The van der Waals surface area contributed by atoms with E-state index >= 15 is 0 Å². The lowest BCUT2D eigenvalue weighted by Gasteiger charge is -2.13. The van der Waals surface area contributed by atoms with Crippen LogP contribution in [0.1, 0.15) is 0 Å². The van der Waals surface area contributed by atoms with Crippen LogP contribution in [0, 0.1) is 0 Å². The topological polar surface area (TPSA) is 61.4 Å². The number of hydrogen-bond donors (Lipinski definition) is 0. The summed E-state index contributed by atoms with van der Waals surface area (Å²) in [5.41, 5.74) is 25.8. The molecule has 0 saturated heterocycles. The van der Waals surface area contributed by atoms with Gasteiger partial charge >= 0.3 is 0 Å². The Morgan fingerprint density at radius 2 is 0.409 bits per heavy atom. The SMILES string of the molecule is c1ccc(-c2ccc(-c3nc(-c4ccc(-c5ccccc5)cc4)nc(-c4ccc5cc(-n6c7cccc8ccc9cccc6c9c87)ccc5c4)n3)cc2)cc1.c1ccc(-c2cccc(-c3cc(-c4cccc(-c5ccccc5)c4)nc(-c4ccc5cc(-n6c7cccc8ccc9cccc6c9c87)ccc5c4)c3)c2)cc1. The van der Waals surface area contributed by atoms with Crippen molar-refractivity contribution in [2.75, 3.05) is 0 Å². The van der Waals surface area contributed by atoms with Crippen molar-refractivity contribution in [2.24, 2.45) is 0 Å². The van der Waals surface area contributed by atoms with Crippen molar-refractivity contribution in [3.63, 3.8) is 0 Å². The average Bonchev–Trinajstić information content (AvgIpc) is 1.56. The Balaban J connectivity index is 0.000000140. The normalized spacial score (nSPS) is 11.6. The van der Waals surface area contributed by atoms with E-state index in [2.05, 4.69) is 397 Å². The molecule has 512 valence electrons. The maximum atomic E-state index is 5.36. The van der Waals surface area contributed by atoms with Gasteiger partial charge < -0.3 is 9.13 Å². The molecule has 0 amide bonds. The highest BCUT2D eigenvalue weighted by molar-refractivity contribution is 6.25. The molecule has 4 aromatic heterocycles. The lowest BCUT2D eigenvalue weighted by atomic mass is 9.95. The van der Waals surface area contributed by atoms with Crippen molar-refractivity contribution in [1.29, 1.82) is 0 Å². The van der Waals surface area contributed by atoms with Gasteiger partial charge in [0.05, 0.1) is 33.5 Å². The summed E-state index contributed by atoms with van der Waals surface area (Å²) in [6, 6.07) is 143. The minimum Gasteiger partial charge on any atom is -0.309 e. The summed E-state index contributed by atoms with van der Waals surface area (Å²) in [5.74, 6) is 1.91. The van der Waals surface area contributed by atoms with E-state index in [1.807, 2.05) is 12.1 Å². The van der Waals surface area contributed by atoms with E-state index < -0.39 is 0 Å². The molecule has 22 aromatic rings. The fourth-order valence-electron chi connectivity index (χ4n) is 16.5. The van der Waals surface area contributed by atoms with Crippen LogP contribution >= 0.6 is 0 Å². The largest absolute Gasteiger partial charge is 0.309 e. The minimum atomic E-state index is 0.638. The number of nitrogens with zero attached hydrogens (tertiary/aromatic N) is 6. The van der Waals surface area contributed by atoms with Crippen LogP contribution in [0.25, 0.3) is 210 Å². The molecule has 22 rings (SSSR count). The van der Waals surface area contributed by atoms with Crippen LogP contribution in [0.15, 0.2) is 400 Å². The third kappa shape index (κ3) is 11.5. The predicted molar refractivity (Wildman–Crippen MR) is 459 cm³/mol. The van der Waals surface area contributed by atoms with Crippen molar-refractivity contribution in [3.8, 4) is 124 Å². The first-order valence-corrected chi connectivity index (χ1v) is 37.5. The van der Waals surface area contributed by atoms with E-state index in [-0.39, 0.29) is 0 Å². The van der Waals surface area contributed by atoms with E-state index in [9.17, 15) is 0 Å². The van der Waals surface area contributed by atoms with Crippen molar-refractivity contribution in [2.45, 2.75) is 0 Å². The first-order valence-electron chi connectivity index (χ1n) is 37.5. The highest BCUT2D eigenvalue weighted by atomic mass is 15.0. The second kappa shape index (κ2) is 26.7. The maximum absolute atomic E-state index is 5.36. The highest BCUT2D eigenvalue weighted by Crippen LogP contribution is 2.43. The van der Waals surface area contributed by atoms with Gasteiger partial charge in [-0.3, -0.25) is 0 Å². The van der Waals surface area contributed by atoms with Gasteiger partial charge in [0.15, 0.2) is 17.5 Å². The summed E-state index contributed by atoms with van der Waals surface area (Å²) in [4.78, 5) is 20.6. The molecule has 0 aliphatic heterocycles. The van der Waals surface area contributed by atoms with Crippen LogP contribution in [-0.4, -0.2) is 29.1 Å². The van der Waals surface area contributed by atoms with Crippen LogP contribution < -0.4 is 0 Å². The Kier molecular flexibility index (Phi) is 15.5. The van der Waals surface area contributed by atoms with E-state index in [0.29, 0.717) is 17.5 Å². The molecule has 0 aliphatic carbocycles. The number of aromatic nitrogens is 6. The fourth-order valence-corrected chi connectivity index (χ4v) is 16.5. The molecular formula is C104H66N6. The first-order chi connectivity index (χ1) is 54.5. The van der Waals surface area contributed by atoms with Gasteiger partial charge in [-0.2, -0.15) is 0 Å². The van der Waals surface area contributed by atoms with Crippen LogP contribution in [0.4, 0.5) is 0 Å². The van der Waals surface area contributed by atoms with E-state index in [4.69, 9.17) is 19.9 Å². The molecule has 0 saturated carbocycles. The number of benzene rings is 18. The summed E-state index contributed by atoms with van der Waals surface area (Å²) >= 11 is 0. The van der Waals surface area contributed by atoms with Gasteiger partial charge in [-0.15, -0.1) is 0 Å². The number of fused-ring (bicyclic) bond motifs is 2. The Hall–Kier alpha value is -14.7. The number of hydrogen-bond acceptors (Lipinski definition) is 4. The van der Waals surface area contributed by atoms with Crippen LogP contribution in [0.2, 0.25) is 0 Å². The molecular weight excluding hydrogens is 1330 g/mol. The minimum absolute atomic E-state index is 0.638. The molecule has 0 unspecified atom stereocenters. The van der Waals surface area contributed by atoms with Gasteiger partial charge in [-0.05, 0) is 184 Å². The van der Waals surface area contributed by atoms with Gasteiger partial charge in [0.1, 0.15) is 0 Å². The summed E-state index contributed by atoms with van der Waals surface area (Å²) in [7, 11) is 0. The number of pyridine rings is 1. The van der Waals surface area contributed by atoms with Gasteiger partial charge in [0, 0.05) is 60.7 Å². The van der Waals surface area contributed by atoms with Gasteiger partial charge in [0.25, 0.3) is 0 Å². The Bertz CT molecular complexity index is 6890. The molecule has 4 heterocycles. The molecule has 0 atom stereocenters. The zero-order valence-corrected chi connectivity index (χ0v) is 59.8. The third-order valence-electron chi connectivity index (χ3n) is 21.9. The van der Waals surface area contributed by atoms with Gasteiger partial charge in [-0.1, -0.05) is 315 Å². The second-order valence-corrected chi connectivity index (χ2v) is 28.5. The fraction of sp³-hybridized carbons (Fsp3) is 0. The quantitative estimate of drug-likeness (QED) is 0.114. The molecule has 0 bridgehead atoms. The van der Waals surface area contributed by atoms with Crippen molar-refractivity contribution in [3.05, 3.63) is 400 Å². The first kappa shape index (κ1) is 63.7. The highest BCUT2D eigenvalue weighted by Gasteiger charge is 2.21. The molecule has 0 spiro atoms. The van der Waals surface area contributed by atoms with Crippen LogP contribution in [0.5, 0.6) is 0 Å². The van der Waals surface area contributed by atoms with Gasteiger partial charge in [-0.25, -0.2) is 19.9 Å². The average molecular weight is 1400 g/mol. The summed E-state index contributed by atoms with van der Waals surface area (Å²) < 4.78 is 4.82. The molecule has 0 radical (unpaired) electrons. The summed E-state index contributed by atoms with van der Waals surface area (Å²) in [6.45, 7) is 0.